The van der Waals surface area contributed by atoms with E-state index in [1.165, 1.54) is 0 Å². The van der Waals surface area contributed by atoms with Crippen LogP contribution in [0.15, 0.2) is 4.47 Å². The Balaban J connectivity index is 2.32. The summed E-state index contributed by atoms with van der Waals surface area (Å²) in [6, 6.07) is 0. The minimum Gasteiger partial charge on any atom is -0.388 e. The lowest BCUT2D eigenvalue weighted by Crippen LogP contribution is -2.51. The summed E-state index contributed by atoms with van der Waals surface area (Å²) in [5.74, 6) is 1.94. The number of rotatable bonds is 2. The monoisotopic (exact) mass is 332 g/mol. The molecule has 1 aliphatic rings. The number of aliphatic hydroxyl groups is 1. The molecular formula is C13H21BrN2OS. The van der Waals surface area contributed by atoms with Crippen LogP contribution in [-0.4, -0.2) is 32.0 Å². The lowest BCUT2D eigenvalue weighted by atomic mass is 9.71. The number of halogens is 1. The van der Waals surface area contributed by atoms with Crippen molar-refractivity contribution in [2.45, 2.75) is 39.2 Å². The van der Waals surface area contributed by atoms with Gasteiger partial charge in [-0.15, -0.1) is 0 Å². The Labute approximate surface area is 121 Å². The van der Waals surface area contributed by atoms with Crippen molar-refractivity contribution in [3.8, 4) is 0 Å². The molecule has 5 heteroatoms. The van der Waals surface area contributed by atoms with Gasteiger partial charge in [-0.2, -0.15) is 16.9 Å². The van der Waals surface area contributed by atoms with Crippen LogP contribution in [-0.2, 0) is 13.5 Å². The largest absolute Gasteiger partial charge is 0.388 e. The second-order valence-electron chi connectivity index (χ2n) is 5.86. The van der Waals surface area contributed by atoms with Crippen molar-refractivity contribution in [1.29, 1.82) is 0 Å². The zero-order chi connectivity index (χ0) is 13.6. The number of thioether (sulfide) groups is 1. The summed E-state index contributed by atoms with van der Waals surface area (Å²) >= 11 is 5.44. The molecule has 1 N–H and O–H groups in total. The average molecular weight is 333 g/mol. The first-order valence-electron chi connectivity index (χ1n) is 6.25. The van der Waals surface area contributed by atoms with Gasteiger partial charge in [0, 0.05) is 19.2 Å². The van der Waals surface area contributed by atoms with Gasteiger partial charge in [-0.25, -0.2) is 0 Å². The van der Waals surface area contributed by atoms with Crippen molar-refractivity contribution in [1.82, 2.24) is 9.78 Å². The molecule has 2 rings (SSSR count). The summed E-state index contributed by atoms with van der Waals surface area (Å²) < 4.78 is 2.91. The van der Waals surface area contributed by atoms with E-state index in [1.54, 1.807) is 0 Å². The first-order valence-corrected chi connectivity index (χ1v) is 8.20. The fraction of sp³-hybridized carbons (Fsp3) is 0.769. The first-order chi connectivity index (χ1) is 8.27. The predicted octanol–water partition coefficient (Wildman–Crippen LogP) is 2.93. The molecule has 1 atom stereocenters. The van der Waals surface area contributed by atoms with E-state index < -0.39 is 5.60 Å². The standard InChI is InChI=1S/C13H21BrN2OS/c1-9-11(14)10(16(4)15-9)7-13(17)8-18-6-5-12(13,2)3/h17H,5-8H2,1-4H3. The molecule has 3 nitrogen and oxygen atoms in total. The summed E-state index contributed by atoms with van der Waals surface area (Å²) in [4.78, 5) is 0. The molecule has 0 saturated carbocycles. The van der Waals surface area contributed by atoms with Gasteiger partial charge in [0.2, 0.25) is 0 Å². The number of hydrogen-bond acceptors (Lipinski definition) is 3. The van der Waals surface area contributed by atoms with Crippen molar-refractivity contribution in [3.05, 3.63) is 15.9 Å². The molecule has 0 aliphatic carbocycles. The first kappa shape index (κ1) is 14.4. The quantitative estimate of drug-likeness (QED) is 0.904. The highest BCUT2D eigenvalue weighted by Crippen LogP contribution is 2.44. The van der Waals surface area contributed by atoms with Crippen LogP contribution >= 0.6 is 27.7 Å². The molecule has 1 fully saturated rings. The van der Waals surface area contributed by atoms with E-state index in [2.05, 4.69) is 34.9 Å². The van der Waals surface area contributed by atoms with E-state index >= 15 is 0 Å². The van der Waals surface area contributed by atoms with Crippen LogP contribution in [0.4, 0.5) is 0 Å². The van der Waals surface area contributed by atoms with Gasteiger partial charge in [0.25, 0.3) is 0 Å². The van der Waals surface area contributed by atoms with E-state index in [1.807, 2.05) is 30.4 Å². The van der Waals surface area contributed by atoms with Crippen molar-refractivity contribution >= 4 is 27.7 Å². The summed E-state index contributed by atoms with van der Waals surface area (Å²) in [6.45, 7) is 6.33. The number of nitrogens with zero attached hydrogens (tertiary/aromatic N) is 2. The normalized spacial score (nSPS) is 27.4. The third kappa shape index (κ3) is 2.37. The Kier molecular flexibility index (Phi) is 3.87. The van der Waals surface area contributed by atoms with Crippen molar-refractivity contribution in [2.24, 2.45) is 12.5 Å². The highest BCUT2D eigenvalue weighted by Gasteiger charge is 2.46. The highest BCUT2D eigenvalue weighted by atomic mass is 79.9. The fourth-order valence-electron chi connectivity index (χ4n) is 2.44. The number of aryl methyl sites for hydroxylation is 2. The molecule has 2 heterocycles. The van der Waals surface area contributed by atoms with Crippen LogP contribution in [0.1, 0.15) is 31.7 Å². The van der Waals surface area contributed by atoms with Gasteiger partial charge in [-0.1, -0.05) is 13.8 Å². The summed E-state index contributed by atoms with van der Waals surface area (Å²) in [6.07, 6.45) is 1.72. The van der Waals surface area contributed by atoms with Gasteiger partial charge in [0.1, 0.15) is 0 Å². The van der Waals surface area contributed by atoms with Gasteiger partial charge >= 0.3 is 0 Å². The molecular weight excluding hydrogens is 312 g/mol. The molecule has 0 radical (unpaired) electrons. The Morgan fingerprint density at radius 3 is 2.67 bits per heavy atom. The van der Waals surface area contributed by atoms with E-state index in [4.69, 9.17) is 0 Å². The molecule has 0 aromatic carbocycles. The molecule has 1 unspecified atom stereocenters. The maximum atomic E-state index is 11.0. The van der Waals surface area contributed by atoms with Crippen molar-refractivity contribution < 1.29 is 5.11 Å². The van der Waals surface area contributed by atoms with Gasteiger partial charge in [-0.3, -0.25) is 4.68 Å². The van der Waals surface area contributed by atoms with Gasteiger partial charge in [0.05, 0.1) is 21.5 Å². The summed E-state index contributed by atoms with van der Waals surface area (Å²) in [7, 11) is 1.94. The molecule has 18 heavy (non-hydrogen) atoms. The third-order valence-electron chi connectivity index (χ3n) is 4.19. The van der Waals surface area contributed by atoms with Crippen molar-refractivity contribution in [3.63, 3.8) is 0 Å². The molecule has 1 aromatic heterocycles. The van der Waals surface area contributed by atoms with E-state index in [0.717, 1.165) is 33.8 Å². The maximum Gasteiger partial charge on any atom is 0.0844 e. The van der Waals surface area contributed by atoms with Gasteiger partial charge in [-0.05, 0) is 40.4 Å². The highest BCUT2D eigenvalue weighted by molar-refractivity contribution is 9.10. The second kappa shape index (κ2) is 4.84. The minimum atomic E-state index is -0.654. The van der Waals surface area contributed by atoms with Gasteiger partial charge < -0.3 is 5.11 Å². The average Bonchev–Trinajstić information content (AvgIpc) is 2.50. The Hall–Kier alpha value is -0.000000000000000111. The lowest BCUT2D eigenvalue weighted by molar-refractivity contribution is -0.0526. The molecule has 0 amide bonds. The molecule has 1 aliphatic heterocycles. The zero-order valence-electron chi connectivity index (χ0n) is 11.5. The SMILES string of the molecule is Cc1nn(C)c(CC2(O)CSCCC2(C)C)c1Br. The Morgan fingerprint density at radius 1 is 1.50 bits per heavy atom. The van der Waals surface area contributed by atoms with E-state index in [9.17, 15) is 5.11 Å². The number of aromatic nitrogens is 2. The Morgan fingerprint density at radius 2 is 2.17 bits per heavy atom. The van der Waals surface area contributed by atoms with Crippen LogP contribution < -0.4 is 0 Å². The van der Waals surface area contributed by atoms with Crippen LogP contribution in [0.5, 0.6) is 0 Å². The maximum absolute atomic E-state index is 11.0. The second-order valence-corrected chi connectivity index (χ2v) is 7.76. The fourth-order valence-corrected chi connectivity index (χ4v) is 4.54. The van der Waals surface area contributed by atoms with Crippen LogP contribution in [0.25, 0.3) is 0 Å². The number of hydrogen-bond donors (Lipinski definition) is 1. The van der Waals surface area contributed by atoms with E-state index in [0.29, 0.717) is 6.42 Å². The smallest absolute Gasteiger partial charge is 0.0844 e. The minimum absolute atomic E-state index is 0.0458. The van der Waals surface area contributed by atoms with Crippen LogP contribution in [0.3, 0.4) is 0 Å². The molecule has 0 spiro atoms. The topological polar surface area (TPSA) is 38.0 Å². The van der Waals surface area contributed by atoms with Crippen LogP contribution in [0.2, 0.25) is 0 Å². The Bertz CT molecular complexity index is 458. The molecule has 0 bridgehead atoms. The molecule has 102 valence electrons. The summed E-state index contributed by atoms with van der Waals surface area (Å²) in [5.41, 5.74) is 1.37. The summed E-state index contributed by atoms with van der Waals surface area (Å²) in [5, 5.41) is 15.4. The predicted molar refractivity (Wildman–Crippen MR) is 80.0 cm³/mol. The van der Waals surface area contributed by atoms with E-state index in [-0.39, 0.29) is 5.41 Å². The van der Waals surface area contributed by atoms with Gasteiger partial charge in [0.15, 0.2) is 0 Å². The zero-order valence-corrected chi connectivity index (χ0v) is 13.9. The van der Waals surface area contributed by atoms with Crippen LogP contribution in [0, 0.1) is 12.3 Å². The lowest BCUT2D eigenvalue weighted by Gasteiger charge is -2.46. The molecule has 1 aromatic rings. The molecule has 1 saturated heterocycles. The third-order valence-corrected chi connectivity index (χ3v) is 6.40. The van der Waals surface area contributed by atoms with Crippen molar-refractivity contribution in [2.75, 3.05) is 11.5 Å².